The zero-order chi connectivity index (χ0) is 14.1. The lowest BCUT2D eigenvalue weighted by atomic mass is 10.1. The van der Waals surface area contributed by atoms with Gasteiger partial charge in [-0.3, -0.25) is 14.9 Å². The molecule has 6 heteroatoms. The third kappa shape index (κ3) is 2.07. The molecule has 1 aliphatic heterocycles. The summed E-state index contributed by atoms with van der Waals surface area (Å²) in [5.41, 5.74) is 1.70. The second-order valence-electron chi connectivity index (χ2n) is 4.45. The van der Waals surface area contributed by atoms with Crippen LogP contribution in [0.15, 0.2) is 48.5 Å². The highest BCUT2D eigenvalue weighted by molar-refractivity contribution is 6.02. The van der Waals surface area contributed by atoms with Crippen LogP contribution in [0.25, 0.3) is 0 Å². The average Bonchev–Trinajstić information content (AvgIpc) is 2.47. The molecule has 0 aromatic heterocycles. The molecule has 1 atom stereocenters. The van der Waals surface area contributed by atoms with E-state index < -0.39 is 4.92 Å². The molecular formula is C14H11N3O3. The van der Waals surface area contributed by atoms with Crippen molar-refractivity contribution in [2.75, 3.05) is 5.32 Å². The smallest absolute Gasteiger partial charge is 0.270 e. The molecule has 0 fully saturated rings. The van der Waals surface area contributed by atoms with E-state index in [1.165, 1.54) is 12.1 Å². The standard InChI is InChI=1S/C14H11N3O3/c18-14-11-8-10(17(19)20)6-7-12(11)15-13(16-14)9-4-2-1-3-5-9/h1-8,13,15H,(H,16,18)/t13-/m0/s1. The summed E-state index contributed by atoms with van der Waals surface area (Å²) in [6.45, 7) is 0. The molecule has 2 N–H and O–H groups in total. The first-order valence-electron chi connectivity index (χ1n) is 6.06. The summed E-state index contributed by atoms with van der Waals surface area (Å²) >= 11 is 0. The Bertz CT molecular complexity index is 685. The van der Waals surface area contributed by atoms with Crippen LogP contribution < -0.4 is 10.6 Å². The lowest BCUT2D eigenvalue weighted by molar-refractivity contribution is -0.384. The molecule has 0 bridgehead atoms. The zero-order valence-corrected chi connectivity index (χ0v) is 10.4. The second kappa shape index (κ2) is 4.65. The van der Waals surface area contributed by atoms with Crippen LogP contribution in [0.3, 0.4) is 0 Å². The van der Waals surface area contributed by atoms with Crippen molar-refractivity contribution in [3.8, 4) is 0 Å². The maximum Gasteiger partial charge on any atom is 0.270 e. The van der Waals surface area contributed by atoms with Gasteiger partial charge in [-0.15, -0.1) is 0 Å². The van der Waals surface area contributed by atoms with E-state index in [4.69, 9.17) is 0 Å². The molecule has 20 heavy (non-hydrogen) atoms. The molecule has 3 rings (SSSR count). The molecule has 100 valence electrons. The van der Waals surface area contributed by atoms with E-state index >= 15 is 0 Å². The van der Waals surface area contributed by atoms with E-state index in [1.807, 2.05) is 30.3 Å². The van der Waals surface area contributed by atoms with E-state index in [1.54, 1.807) is 6.07 Å². The minimum atomic E-state index is -0.517. The molecule has 1 amide bonds. The molecule has 2 aromatic carbocycles. The molecule has 6 nitrogen and oxygen atoms in total. The Hall–Kier alpha value is -2.89. The molecular weight excluding hydrogens is 258 g/mol. The van der Waals surface area contributed by atoms with Crippen molar-refractivity contribution in [1.29, 1.82) is 0 Å². The summed E-state index contributed by atoms with van der Waals surface area (Å²) in [5, 5.41) is 16.7. The summed E-state index contributed by atoms with van der Waals surface area (Å²) in [4.78, 5) is 22.3. The number of carbonyl (C=O) groups excluding carboxylic acids is 1. The zero-order valence-electron chi connectivity index (χ0n) is 10.4. The second-order valence-corrected chi connectivity index (χ2v) is 4.45. The van der Waals surface area contributed by atoms with Gasteiger partial charge in [0.1, 0.15) is 6.17 Å². The van der Waals surface area contributed by atoms with Crippen LogP contribution in [0.1, 0.15) is 22.1 Å². The number of nitro groups is 1. The van der Waals surface area contributed by atoms with Crippen LogP contribution in [-0.4, -0.2) is 10.8 Å². The van der Waals surface area contributed by atoms with Crippen molar-refractivity contribution in [2.24, 2.45) is 0 Å². The number of nitrogens with one attached hydrogen (secondary N) is 2. The van der Waals surface area contributed by atoms with Gasteiger partial charge in [-0.25, -0.2) is 0 Å². The van der Waals surface area contributed by atoms with Gasteiger partial charge < -0.3 is 10.6 Å². The minimum Gasteiger partial charge on any atom is -0.361 e. The Morgan fingerprint density at radius 1 is 1.05 bits per heavy atom. The first kappa shape index (κ1) is 12.2. The van der Waals surface area contributed by atoms with Crippen molar-refractivity contribution in [3.05, 3.63) is 69.8 Å². The van der Waals surface area contributed by atoms with Gasteiger partial charge in [0, 0.05) is 17.8 Å². The monoisotopic (exact) mass is 269 g/mol. The van der Waals surface area contributed by atoms with Gasteiger partial charge in [0.2, 0.25) is 0 Å². The van der Waals surface area contributed by atoms with Gasteiger partial charge >= 0.3 is 0 Å². The fourth-order valence-corrected chi connectivity index (χ4v) is 2.17. The van der Waals surface area contributed by atoms with Gasteiger partial charge in [-0.2, -0.15) is 0 Å². The van der Waals surface area contributed by atoms with Crippen molar-refractivity contribution >= 4 is 17.3 Å². The van der Waals surface area contributed by atoms with Crippen LogP contribution in [-0.2, 0) is 0 Å². The Balaban J connectivity index is 1.96. The lowest BCUT2D eigenvalue weighted by Gasteiger charge is -2.27. The van der Waals surface area contributed by atoms with Gasteiger partial charge in [-0.05, 0) is 11.6 Å². The van der Waals surface area contributed by atoms with Crippen LogP contribution in [0, 0.1) is 10.1 Å². The van der Waals surface area contributed by atoms with Gasteiger partial charge in [0.05, 0.1) is 10.5 Å². The number of non-ortho nitro benzene ring substituents is 1. The molecule has 0 saturated heterocycles. The number of hydrogen-bond donors (Lipinski definition) is 2. The van der Waals surface area contributed by atoms with Crippen LogP contribution in [0.5, 0.6) is 0 Å². The van der Waals surface area contributed by atoms with Crippen molar-refractivity contribution in [3.63, 3.8) is 0 Å². The molecule has 0 aliphatic carbocycles. The number of nitrogens with zero attached hydrogens (tertiary/aromatic N) is 1. The fourth-order valence-electron chi connectivity index (χ4n) is 2.17. The van der Waals surface area contributed by atoms with Gasteiger partial charge in [0.25, 0.3) is 11.6 Å². The molecule has 0 unspecified atom stereocenters. The number of anilines is 1. The van der Waals surface area contributed by atoms with E-state index in [0.717, 1.165) is 5.56 Å². The number of amides is 1. The predicted octanol–water partition coefficient (Wildman–Crippen LogP) is 2.45. The Labute approximate surface area is 114 Å². The van der Waals surface area contributed by atoms with Crippen LogP contribution in [0.2, 0.25) is 0 Å². The van der Waals surface area contributed by atoms with E-state index in [0.29, 0.717) is 5.69 Å². The van der Waals surface area contributed by atoms with Gasteiger partial charge in [0.15, 0.2) is 0 Å². The molecule has 0 radical (unpaired) electrons. The molecule has 1 aliphatic rings. The lowest BCUT2D eigenvalue weighted by Crippen LogP contribution is -2.38. The van der Waals surface area contributed by atoms with Crippen LogP contribution in [0.4, 0.5) is 11.4 Å². The Morgan fingerprint density at radius 2 is 1.80 bits per heavy atom. The summed E-state index contributed by atoms with van der Waals surface area (Å²) < 4.78 is 0. The molecule has 0 saturated carbocycles. The molecule has 1 heterocycles. The molecule has 0 spiro atoms. The number of carbonyl (C=O) groups is 1. The largest absolute Gasteiger partial charge is 0.361 e. The molecule has 2 aromatic rings. The summed E-state index contributed by atoms with van der Waals surface area (Å²) in [6.07, 6.45) is -0.336. The predicted molar refractivity (Wildman–Crippen MR) is 73.4 cm³/mol. The number of fused-ring (bicyclic) bond motifs is 1. The SMILES string of the molecule is O=C1N[C@@H](c2ccccc2)Nc2ccc([N+](=O)[O-])cc21. The Morgan fingerprint density at radius 3 is 2.50 bits per heavy atom. The number of benzene rings is 2. The van der Waals surface area contributed by atoms with Crippen molar-refractivity contribution in [2.45, 2.75) is 6.17 Å². The number of nitro benzene ring substituents is 1. The Kier molecular flexibility index (Phi) is 2.83. The highest BCUT2D eigenvalue weighted by atomic mass is 16.6. The highest BCUT2D eigenvalue weighted by Crippen LogP contribution is 2.29. The fraction of sp³-hybridized carbons (Fsp3) is 0.0714. The summed E-state index contributed by atoms with van der Waals surface area (Å²) in [7, 11) is 0. The maximum atomic E-state index is 12.1. The number of hydrogen-bond acceptors (Lipinski definition) is 4. The van der Waals surface area contributed by atoms with Crippen LogP contribution >= 0.6 is 0 Å². The van der Waals surface area contributed by atoms with E-state index in [2.05, 4.69) is 10.6 Å². The first-order valence-corrected chi connectivity index (χ1v) is 6.06. The third-order valence-electron chi connectivity index (χ3n) is 3.17. The van der Waals surface area contributed by atoms with E-state index in [-0.39, 0.29) is 23.3 Å². The maximum absolute atomic E-state index is 12.1. The summed E-state index contributed by atoms with van der Waals surface area (Å²) in [6, 6.07) is 13.7. The third-order valence-corrected chi connectivity index (χ3v) is 3.17. The highest BCUT2D eigenvalue weighted by Gasteiger charge is 2.26. The minimum absolute atomic E-state index is 0.0983. The first-order chi connectivity index (χ1) is 9.65. The normalized spacial score (nSPS) is 16.8. The van der Waals surface area contributed by atoms with E-state index in [9.17, 15) is 14.9 Å². The van der Waals surface area contributed by atoms with Crippen molar-refractivity contribution < 1.29 is 9.72 Å². The average molecular weight is 269 g/mol. The summed E-state index contributed by atoms with van der Waals surface area (Å²) in [5.74, 6) is -0.323. The number of rotatable bonds is 2. The topological polar surface area (TPSA) is 84.3 Å². The van der Waals surface area contributed by atoms with Crippen molar-refractivity contribution in [1.82, 2.24) is 5.32 Å². The van der Waals surface area contributed by atoms with Gasteiger partial charge in [-0.1, -0.05) is 30.3 Å². The quantitative estimate of drug-likeness (QED) is 0.647.